The Hall–Kier alpha value is -2.76. The van der Waals surface area contributed by atoms with Gasteiger partial charge in [-0.1, -0.05) is 6.92 Å². The molecule has 0 heterocycles. The molecule has 0 amide bonds. The summed E-state index contributed by atoms with van der Waals surface area (Å²) in [5, 5.41) is 9.03. The monoisotopic (exact) mass is 320 g/mol. The lowest BCUT2D eigenvalue weighted by atomic mass is 9.97. The van der Waals surface area contributed by atoms with Crippen LogP contribution in [0.2, 0.25) is 0 Å². The van der Waals surface area contributed by atoms with Crippen LogP contribution in [0, 0.1) is 11.6 Å². The number of aromatic carboxylic acids is 1. The van der Waals surface area contributed by atoms with Gasteiger partial charge in [0.1, 0.15) is 22.9 Å². The molecule has 0 saturated heterocycles. The molecule has 0 aliphatic rings. The molecule has 2 rings (SSSR count). The maximum absolute atomic E-state index is 13.9. The number of hydrogen-bond acceptors (Lipinski definition) is 3. The minimum Gasteiger partial charge on any atom is -0.494 e. The summed E-state index contributed by atoms with van der Waals surface area (Å²) in [6.45, 7) is 2.45. The van der Waals surface area contributed by atoms with Gasteiger partial charge < -0.3 is 9.84 Å². The zero-order chi connectivity index (χ0) is 17.0. The number of rotatable bonds is 6. The summed E-state index contributed by atoms with van der Waals surface area (Å²) in [5.41, 5.74) is -1.72. The number of hydrogen-bond donors (Lipinski definition) is 1. The largest absolute Gasteiger partial charge is 0.494 e. The third-order valence-corrected chi connectivity index (χ3v) is 3.13. The van der Waals surface area contributed by atoms with Crippen molar-refractivity contribution in [1.82, 2.24) is 0 Å². The zero-order valence-corrected chi connectivity index (χ0v) is 12.3. The van der Waals surface area contributed by atoms with Gasteiger partial charge in [-0.2, -0.15) is 0 Å². The van der Waals surface area contributed by atoms with E-state index in [0.29, 0.717) is 18.4 Å². The van der Waals surface area contributed by atoms with Gasteiger partial charge in [0, 0.05) is 5.56 Å². The van der Waals surface area contributed by atoms with Gasteiger partial charge >= 0.3 is 5.97 Å². The maximum Gasteiger partial charge on any atom is 0.339 e. The van der Waals surface area contributed by atoms with E-state index in [0.717, 1.165) is 12.5 Å². The van der Waals surface area contributed by atoms with E-state index in [1.165, 1.54) is 24.3 Å². The number of carboxylic acid groups (broad SMARTS) is 1. The third-order valence-electron chi connectivity index (χ3n) is 3.13. The van der Waals surface area contributed by atoms with E-state index >= 15 is 0 Å². The van der Waals surface area contributed by atoms with Crippen LogP contribution in [0.4, 0.5) is 8.78 Å². The van der Waals surface area contributed by atoms with Gasteiger partial charge in [-0.15, -0.1) is 0 Å². The number of carboxylic acids is 1. The van der Waals surface area contributed by atoms with Gasteiger partial charge in [0.05, 0.1) is 12.2 Å². The van der Waals surface area contributed by atoms with Crippen LogP contribution < -0.4 is 4.74 Å². The molecule has 23 heavy (non-hydrogen) atoms. The van der Waals surface area contributed by atoms with E-state index in [9.17, 15) is 18.4 Å². The molecule has 0 bridgehead atoms. The lowest BCUT2D eigenvalue weighted by Crippen LogP contribution is -2.14. The summed E-state index contributed by atoms with van der Waals surface area (Å²) in [5.74, 6) is -4.32. The third kappa shape index (κ3) is 3.53. The highest BCUT2D eigenvalue weighted by atomic mass is 19.1. The van der Waals surface area contributed by atoms with E-state index in [1.807, 2.05) is 6.92 Å². The fraction of sp³-hybridized carbons (Fsp3) is 0.176. The molecule has 6 heteroatoms. The van der Waals surface area contributed by atoms with Crippen LogP contribution in [-0.2, 0) is 0 Å². The van der Waals surface area contributed by atoms with Crippen LogP contribution in [0.1, 0.15) is 39.6 Å². The Labute approximate surface area is 131 Å². The van der Waals surface area contributed by atoms with Crippen molar-refractivity contribution < 1.29 is 28.2 Å². The molecule has 0 radical (unpaired) electrons. The maximum atomic E-state index is 13.9. The van der Waals surface area contributed by atoms with Gasteiger partial charge in [-0.05, 0) is 42.8 Å². The molecule has 0 fully saturated rings. The Balaban J connectivity index is 2.41. The number of ether oxygens (including phenoxy) is 1. The molecule has 0 saturated carbocycles. The van der Waals surface area contributed by atoms with E-state index in [-0.39, 0.29) is 5.56 Å². The normalized spacial score (nSPS) is 10.4. The van der Waals surface area contributed by atoms with Crippen molar-refractivity contribution in [3.8, 4) is 5.75 Å². The van der Waals surface area contributed by atoms with Gasteiger partial charge in [-0.25, -0.2) is 13.6 Å². The van der Waals surface area contributed by atoms with E-state index in [4.69, 9.17) is 9.84 Å². The van der Waals surface area contributed by atoms with Crippen LogP contribution in [-0.4, -0.2) is 23.5 Å². The van der Waals surface area contributed by atoms with Crippen LogP contribution in [0.15, 0.2) is 36.4 Å². The highest BCUT2D eigenvalue weighted by molar-refractivity contribution is 6.14. The van der Waals surface area contributed by atoms with Gasteiger partial charge in [0.2, 0.25) is 0 Å². The van der Waals surface area contributed by atoms with Crippen LogP contribution in [0.3, 0.4) is 0 Å². The summed E-state index contributed by atoms with van der Waals surface area (Å²) in [6, 6.07) is 7.19. The van der Waals surface area contributed by atoms with Crippen molar-refractivity contribution in [3.63, 3.8) is 0 Å². The smallest absolute Gasteiger partial charge is 0.339 e. The average Bonchev–Trinajstić information content (AvgIpc) is 2.54. The van der Waals surface area contributed by atoms with Gasteiger partial charge in [-0.3, -0.25) is 4.79 Å². The predicted molar refractivity (Wildman–Crippen MR) is 79.0 cm³/mol. The Kier molecular flexibility index (Phi) is 5.05. The van der Waals surface area contributed by atoms with Crippen molar-refractivity contribution in [1.29, 1.82) is 0 Å². The van der Waals surface area contributed by atoms with Crippen LogP contribution >= 0.6 is 0 Å². The van der Waals surface area contributed by atoms with Crippen LogP contribution in [0.5, 0.6) is 5.75 Å². The van der Waals surface area contributed by atoms with E-state index < -0.39 is 34.5 Å². The number of halogens is 2. The molecule has 0 unspecified atom stereocenters. The first-order chi connectivity index (χ1) is 11.0. The van der Waals surface area contributed by atoms with E-state index in [1.54, 1.807) is 0 Å². The zero-order valence-electron chi connectivity index (χ0n) is 12.3. The van der Waals surface area contributed by atoms with Crippen molar-refractivity contribution in [2.24, 2.45) is 0 Å². The topological polar surface area (TPSA) is 63.6 Å². The minimum absolute atomic E-state index is 0.0425. The second kappa shape index (κ2) is 7.00. The summed E-state index contributed by atoms with van der Waals surface area (Å²) in [6.07, 6.45) is 0.817. The Morgan fingerprint density at radius 1 is 1.00 bits per heavy atom. The lowest BCUT2D eigenvalue weighted by molar-refractivity contribution is 0.0686. The Morgan fingerprint density at radius 3 is 2.09 bits per heavy atom. The molecule has 0 aliphatic heterocycles. The average molecular weight is 320 g/mol. The fourth-order valence-corrected chi connectivity index (χ4v) is 2.05. The Bertz CT molecular complexity index is 739. The fourth-order valence-electron chi connectivity index (χ4n) is 2.05. The summed E-state index contributed by atoms with van der Waals surface area (Å²) < 4.78 is 32.9. The molecule has 2 aromatic rings. The number of carbonyl (C=O) groups is 2. The summed E-state index contributed by atoms with van der Waals surface area (Å²) in [7, 11) is 0. The molecule has 0 atom stereocenters. The highest BCUT2D eigenvalue weighted by Crippen LogP contribution is 2.22. The Morgan fingerprint density at radius 2 is 1.57 bits per heavy atom. The predicted octanol–water partition coefficient (Wildman–Crippen LogP) is 3.68. The molecule has 0 spiro atoms. The molecular formula is C17H14F2O4. The second-order valence-corrected chi connectivity index (χ2v) is 4.79. The standard InChI is InChI=1S/C17H14F2O4/c1-2-9-23-11-5-3-10(4-6-11)16(20)14-12(18)7-8-13(19)15(14)17(21)22/h3-8H,2,9H2,1H3,(H,21,22). The second-order valence-electron chi connectivity index (χ2n) is 4.79. The minimum atomic E-state index is -1.70. The number of carbonyl (C=O) groups excluding carboxylic acids is 1. The number of ketones is 1. The quantitative estimate of drug-likeness (QED) is 0.825. The molecule has 120 valence electrons. The van der Waals surface area contributed by atoms with Crippen molar-refractivity contribution in [2.75, 3.05) is 6.61 Å². The van der Waals surface area contributed by atoms with Crippen molar-refractivity contribution >= 4 is 11.8 Å². The first-order valence-corrected chi connectivity index (χ1v) is 6.94. The highest BCUT2D eigenvalue weighted by Gasteiger charge is 2.26. The SMILES string of the molecule is CCCOc1ccc(C(=O)c2c(F)ccc(F)c2C(=O)O)cc1. The van der Waals surface area contributed by atoms with Gasteiger partial charge in [0.15, 0.2) is 5.78 Å². The molecule has 0 aromatic heterocycles. The molecular weight excluding hydrogens is 306 g/mol. The lowest BCUT2D eigenvalue weighted by Gasteiger charge is -2.09. The molecule has 1 N–H and O–H groups in total. The first kappa shape index (κ1) is 16.6. The molecule has 0 aliphatic carbocycles. The van der Waals surface area contributed by atoms with Crippen molar-refractivity contribution in [2.45, 2.75) is 13.3 Å². The summed E-state index contributed by atoms with van der Waals surface area (Å²) in [4.78, 5) is 23.5. The number of benzene rings is 2. The van der Waals surface area contributed by atoms with Crippen LogP contribution in [0.25, 0.3) is 0 Å². The van der Waals surface area contributed by atoms with E-state index in [2.05, 4.69) is 0 Å². The van der Waals surface area contributed by atoms with Gasteiger partial charge in [0.25, 0.3) is 0 Å². The first-order valence-electron chi connectivity index (χ1n) is 6.94. The summed E-state index contributed by atoms with van der Waals surface area (Å²) >= 11 is 0. The molecule has 4 nitrogen and oxygen atoms in total. The van der Waals surface area contributed by atoms with Crippen molar-refractivity contribution in [3.05, 3.63) is 64.7 Å². The molecule has 2 aromatic carbocycles.